The monoisotopic (exact) mass is 219 g/mol. The summed E-state index contributed by atoms with van der Waals surface area (Å²) in [6, 6.07) is 7.85. The first-order valence-electron chi connectivity index (χ1n) is 5.72. The van der Waals surface area contributed by atoms with E-state index in [1.54, 1.807) is 7.11 Å². The number of carbonyl (C=O) groups is 1. The van der Waals surface area contributed by atoms with Crippen molar-refractivity contribution in [2.75, 3.05) is 13.7 Å². The van der Waals surface area contributed by atoms with Crippen LogP contribution in [-0.4, -0.2) is 30.5 Å². The van der Waals surface area contributed by atoms with Gasteiger partial charge in [-0.25, -0.2) is 0 Å². The summed E-state index contributed by atoms with van der Waals surface area (Å²) >= 11 is 0. The second-order valence-corrected chi connectivity index (χ2v) is 4.02. The molecule has 0 aliphatic heterocycles. The third-order valence-electron chi connectivity index (χ3n) is 2.93. The number of amides is 1. The van der Waals surface area contributed by atoms with Crippen LogP contribution in [0.5, 0.6) is 5.75 Å². The summed E-state index contributed by atoms with van der Waals surface area (Å²) in [5.41, 5.74) is 0.666. The van der Waals surface area contributed by atoms with Crippen LogP contribution in [0.4, 0.5) is 0 Å². The first-order chi connectivity index (χ1) is 7.77. The molecule has 1 aromatic carbocycles. The van der Waals surface area contributed by atoms with E-state index in [0.29, 0.717) is 17.4 Å². The molecule has 1 aliphatic rings. The molecular weight excluding hydrogens is 202 g/mol. The molecular formula is C13H17NO2. The number of methoxy groups -OCH3 is 1. The van der Waals surface area contributed by atoms with E-state index in [4.69, 9.17) is 4.74 Å². The SMILES string of the molecule is CCN(C(=O)c1ccccc1OC)C1CC1. The second-order valence-electron chi connectivity index (χ2n) is 4.02. The van der Waals surface area contributed by atoms with Gasteiger partial charge in [-0.2, -0.15) is 0 Å². The number of ether oxygens (including phenoxy) is 1. The van der Waals surface area contributed by atoms with Crippen molar-refractivity contribution in [3.63, 3.8) is 0 Å². The molecule has 1 fully saturated rings. The van der Waals surface area contributed by atoms with Crippen molar-refractivity contribution in [1.29, 1.82) is 0 Å². The lowest BCUT2D eigenvalue weighted by molar-refractivity contribution is 0.0749. The van der Waals surface area contributed by atoms with Gasteiger partial charge in [-0.1, -0.05) is 12.1 Å². The Labute approximate surface area is 96.0 Å². The average molecular weight is 219 g/mol. The topological polar surface area (TPSA) is 29.5 Å². The Bertz CT molecular complexity index is 385. The zero-order valence-electron chi connectivity index (χ0n) is 9.77. The molecule has 16 heavy (non-hydrogen) atoms. The molecule has 1 aliphatic carbocycles. The van der Waals surface area contributed by atoms with Crippen LogP contribution >= 0.6 is 0 Å². The smallest absolute Gasteiger partial charge is 0.257 e. The number of rotatable bonds is 4. The van der Waals surface area contributed by atoms with E-state index < -0.39 is 0 Å². The fourth-order valence-corrected chi connectivity index (χ4v) is 1.93. The quantitative estimate of drug-likeness (QED) is 0.777. The van der Waals surface area contributed by atoms with Crippen molar-refractivity contribution in [3.8, 4) is 5.75 Å². The molecule has 0 bridgehead atoms. The van der Waals surface area contributed by atoms with Crippen LogP contribution in [0.3, 0.4) is 0 Å². The Morgan fingerprint density at radius 3 is 2.69 bits per heavy atom. The second kappa shape index (κ2) is 4.56. The predicted octanol–water partition coefficient (Wildman–Crippen LogP) is 2.32. The molecule has 0 atom stereocenters. The van der Waals surface area contributed by atoms with Crippen molar-refractivity contribution < 1.29 is 9.53 Å². The molecule has 0 N–H and O–H groups in total. The van der Waals surface area contributed by atoms with Crippen LogP contribution in [0.25, 0.3) is 0 Å². The minimum absolute atomic E-state index is 0.0856. The van der Waals surface area contributed by atoms with Crippen molar-refractivity contribution in [2.24, 2.45) is 0 Å². The average Bonchev–Trinajstić information content (AvgIpc) is 3.14. The van der Waals surface area contributed by atoms with Gasteiger partial charge in [-0.05, 0) is 31.9 Å². The van der Waals surface area contributed by atoms with E-state index in [0.717, 1.165) is 19.4 Å². The highest BCUT2D eigenvalue weighted by Crippen LogP contribution is 2.29. The van der Waals surface area contributed by atoms with Gasteiger partial charge in [0.1, 0.15) is 5.75 Å². The van der Waals surface area contributed by atoms with E-state index >= 15 is 0 Å². The normalized spacial score (nSPS) is 14.6. The molecule has 86 valence electrons. The molecule has 1 aromatic rings. The molecule has 0 radical (unpaired) electrons. The number of hydrogen-bond donors (Lipinski definition) is 0. The molecule has 0 aromatic heterocycles. The van der Waals surface area contributed by atoms with Gasteiger partial charge in [0.2, 0.25) is 0 Å². The van der Waals surface area contributed by atoms with Crippen molar-refractivity contribution >= 4 is 5.91 Å². The van der Waals surface area contributed by atoms with Gasteiger partial charge in [-0.3, -0.25) is 4.79 Å². The van der Waals surface area contributed by atoms with E-state index in [1.807, 2.05) is 36.1 Å². The minimum Gasteiger partial charge on any atom is -0.496 e. The predicted molar refractivity (Wildman–Crippen MR) is 62.7 cm³/mol. The summed E-state index contributed by atoms with van der Waals surface area (Å²) in [6.45, 7) is 2.78. The van der Waals surface area contributed by atoms with Crippen LogP contribution in [0.1, 0.15) is 30.1 Å². The standard InChI is InChI=1S/C13H17NO2/c1-3-14(10-8-9-10)13(15)11-6-4-5-7-12(11)16-2/h4-7,10H,3,8-9H2,1-2H3. The van der Waals surface area contributed by atoms with Crippen molar-refractivity contribution in [2.45, 2.75) is 25.8 Å². The fraction of sp³-hybridized carbons (Fsp3) is 0.462. The molecule has 3 nitrogen and oxygen atoms in total. The maximum Gasteiger partial charge on any atom is 0.257 e. The molecule has 0 unspecified atom stereocenters. The summed E-state index contributed by atoms with van der Waals surface area (Å²) in [5, 5.41) is 0. The third-order valence-corrected chi connectivity index (χ3v) is 2.93. The molecule has 0 heterocycles. The highest BCUT2D eigenvalue weighted by atomic mass is 16.5. The number of carbonyl (C=O) groups excluding carboxylic acids is 1. The Kier molecular flexibility index (Phi) is 3.13. The maximum absolute atomic E-state index is 12.3. The maximum atomic E-state index is 12.3. The van der Waals surface area contributed by atoms with Crippen LogP contribution in [0.15, 0.2) is 24.3 Å². The van der Waals surface area contributed by atoms with E-state index in [-0.39, 0.29) is 5.91 Å². The van der Waals surface area contributed by atoms with Crippen LogP contribution in [-0.2, 0) is 0 Å². The van der Waals surface area contributed by atoms with Crippen LogP contribution in [0.2, 0.25) is 0 Å². The zero-order chi connectivity index (χ0) is 11.5. The lowest BCUT2D eigenvalue weighted by atomic mass is 10.1. The number of para-hydroxylation sites is 1. The Balaban J connectivity index is 2.24. The summed E-state index contributed by atoms with van der Waals surface area (Å²) in [7, 11) is 1.60. The highest BCUT2D eigenvalue weighted by molar-refractivity contribution is 5.97. The van der Waals surface area contributed by atoms with Gasteiger partial charge in [0, 0.05) is 12.6 Å². The molecule has 1 amide bonds. The highest BCUT2D eigenvalue weighted by Gasteiger charge is 2.32. The summed E-state index contributed by atoms with van der Waals surface area (Å²) < 4.78 is 5.21. The number of benzene rings is 1. The van der Waals surface area contributed by atoms with Gasteiger partial charge in [-0.15, -0.1) is 0 Å². The molecule has 3 heteroatoms. The van der Waals surface area contributed by atoms with E-state index in [2.05, 4.69) is 0 Å². The Morgan fingerprint density at radius 1 is 1.44 bits per heavy atom. The largest absolute Gasteiger partial charge is 0.496 e. The fourth-order valence-electron chi connectivity index (χ4n) is 1.93. The molecule has 2 rings (SSSR count). The summed E-state index contributed by atoms with van der Waals surface area (Å²) in [6.07, 6.45) is 2.27. The third kappa shape index (κ3) is 2.03. The first-order valence-corrected chi connectivity index (χ1v) is 5.72. The Hall–Kier alpha value is -1.51. The molecule has 0 saturated heterocycles. The number of nitrogens with zero attached hydrogens (tertiary/aromatic N) is 1. The van der Waals surface area contributed by atoms with Crippen LogP contribution in [0, 0.1) is 0 Å². The van der Waals surface area contributed by atoms with Crippen molar-refractivity contribution in [3.05, 3.63) is 29.8 Å². The van der Waals surface area contributed by atoms with Gasteiger partial charge in [0.15, 0.2) is 0 Å². The van der Waals surface area contributed by atoms with Gasteiger partial charge >= 0.3 is 0 Å². The van der Waals surface area contributed by atoms with Gasteiger partial charge in [0.25, 0.3) is 5.91 Å². The van der Waals surface area contributed by atoms with Gasteiger partial charge < -0.3 is 9.64 Å². The summed E-state index contributed by atoms with van der Waals surface area (Å²) in [5.74, 6) is 0.744. The van der Waals surface area contributed by atoms with Crippen LogP contribution < -0.4 is 4.74 Å². The zero-order valence-corrected chi connectivity index (χ0v) is 9.77. The van der Waals surface area contributed by atoms with Gasteiger partial charge in [0.05, 0.1) is 12.7 Å². The minimum atomic E-state index is 0.0856. The molecule has 0 spiro atoms. The first kappa shape index (κ1) is 11.0. The lowest BCUT2D eigenvalue weighted by Crippen LogP contribution is -2.33. The lowest BCUT2D eigenvalue weighted by Gasteiger charge is -2.21. The van der Waals surface area contributed by atoms with E-state index in [1.165, 1.54) is 0 Å². The van der Waals surface area contributed by atoms with Crippen molar-refractivity contribution in [1.82, 2.24) is 4.90 Å². The Morgan fingerprint density at radius 2 is 2.12 bits per heavy atom. The molecule has 1 saturated carbocycles. The summed E-state index contributed by atoms with van der Waals surface area (Å²) in [4.78, 5) is 14.2. The van der Waals surface area contributed by atoms with E-state index in [9.17, 15) is 4.79 Å². The number of hydrogen-bond acceptors (Lipinski definition) is 2.